The minimum absolute atomic E-state index is 0.0993. The van der Waals surface area contributed by atoms with Gasteiger partial charge in [0, 0.05) is 25.6 Å². The number of piperidine rings is 1. The van der Waals surface area contributed by atoms with Crippen LogP contribution in [0.1, 0.15) is 26.7 Å². The molecule has 3 unspecified atom stereocenters. The Kier molecular flexibility index (Phi) is 4.54. The molecule has 15 heavy (non-hydrogen) atoms. The third-order valence-corrected chi connectivity index (χ3v) is 3.32. The Bertz CT molecular complexity index is 221. The van der Waals surface area contributed by atoms with Crippen LogP contribution in [0.15, 0.2) is 0 Å². The van der Waals surface area contributed by atoms with Crippen LogP contribution in [0.2, 0.25) is 0 Å². The number of carbonyl (C=O) groups excluding carboxylic acids is 1. The molecule has 1 aliphatic heterocycles. The van der Waals surface area contributed by atoms with Crippen molar-refractivity contribution in [3.05, 3.63) is 0 Å². The minimum Gasteiger partial charge on any atom is -0.393 e. The molecule has 1 amide bonds. The largest absolute Gasteiger partial charge is 0.393 e. The molecule has 0 aromatic heterocycles. The van der Waals surface area contributed by atoms with E-state index in [0.717, 1.165) is 32.5 Å². The second kappa shape index (κ2) is 5.47. The number of amides is 1. The standard InChI is InChI=1S/C11H22N2O2/c1-3-9-7-13(5-4-10(9)14)6-8(2)11(12)15/h8-10,14H,3-7H2,1-2H3,(H2,12,15). The molecular weight excluding hydrogens is 192 g/mol. The Balaban J connectivity index is 2.41. The Hall–Kier alpha value is -0.610. The lowest BCUT2D eigenvalue weighted by Crippen LogP contribution is -2.45. The fraction of sp³-hybridized carbons (Fsp3) is 0.909. The second-order valence-electron chi connectivity index (χ2n) is 4.59. The highest BCUT2D eigenvalue weighted by Crippen LogP contribution is 2.20. The first kappa shape index (κ1) is 12.5. The molecule has 0 aromatic carbocycles. The monoisotopic (exact) mass is 214 g/mol. The minimum atomic E-state index is -0.242. The number of likely N-dealkylation sites (tertiary alicyclic amines) is 1. The van der Waals surface area contributed by atoms with Crippen LogP contribution >= 0.6 is 0 Å². The zero-order valence-corrected chi connectivity index (χ0v) is 9.65. The van der Waals surface area contributed by atoms with Crippen LogP contribution < -0.4 is 5.73 Å². The van der Waals surface area contributed by atoms with Crippen LogP contribution in [-0.2, 0) is 4.79 Å². The summed E-state index contributed by atoms with van der Waals surface area (Å²) in [6.45, 7) is 6.42. The number of carbonyl (C=O) groups is 1. The van der Waals surface area contributed by atoms with E-state index in [2.05, 4.69) is 11.8 Å². The summed E-state index contributed by atoms with van der Waals surface area (Å²) in [5, 5.41) is 9.71. The molecule has 0 radical (unpaired) electrons. The van der Waals surface area contributed by atoms with E-state index in [0.29, 0.717) is 5.92 Å². The molecular formula is C11H22N2O2. The van der Waals surface area contributed by atoms with Crippen molar-refractivity contribution in [2.45, 2.75) is 32.8 Å². The molecule has 0 aliphatic carbocycles. The van der Waals surface area contributed by atoms with Crippen molar-refractivity contribution >= 4 is 5.91 Å². The fourth-order valence-corrected chi connectivity index (χ4v) is 2.14. The quantitative estimate of drug-likeness (QED) is 0.702. The second-order valence-corrected chi connectivity index (χ2v) is 4.59. The van der Waals surface area contributed by atoms with Crippen molar-refractivity contribution in [1.29, 1.82) is 0 Å². The van der Waals surface area contributed by atoms with E-state index in [4.69, 9.17) is 5.73 Å². The van der Waals surface area contributed by atoms with E-state index in [1.165, 1.54) is 0 Å². The molecule has 3 N–H and O–H groups in total. The molecule has 0 spiro atoms. The first-order valence-corrected chi connectivity index (χ1v) is 5.74. The summed E-state index contributed by atoms with van der Waals surface area (Å²) >= 11 is 0. The van der Waals surface area contributed by atoms with Crippen molar-refractivity contribution < 1.29 is 9.90 Å². The van der Waals surface area contributed by atoms with Crippen molar-refractivity contribution in [3.8, 4) is 0 Å². The smallest absolute Gasteiger partial charge is 0.221 e. The molecule has 1 aliphatic rings. The van der Waals surface area contributed by atoms with Gasteiger partial charge in [0.15, 0.2) is 0 Å². The van der Waals surface area contributed by atoms with Gasteiger partial charge in [-0.25, -0.2) is 0 Å². The lowest BCUT2D eigenvalue weighted by atomic mass is 9.92. The van der Waals surface area contributed by atoms with Crippen molar-refractivity contribution in [2.24, 2.45) is 17.6 Å². The molecule has 3 atom stereocenters. The Labute approximate surface area is 91.4 Å². The molecule has 1 fully saturated rings. The van der Waals surface area contributed by atoms with Gasteiger partial charge in [0.25, 0.3) is 0 Å². The maximum absolute atomic E-state index is 10.9. The number of primary amides is 1. The number of nitrogens with two attached hydrogens (primary N) is 1. The van der Waals surface area contributed by atoms with Crippen molar-refractivity contribution in [1.82, 2.24) is 4.90 Å². The molecule has 1 heterocycles. The highest BCUT2D eigenvalue weighted by Gasteiger charge is 2.27. The van der Waals surface area contributed by atoms with Gasteiger partial charge in [0.2, 0.25) is 5.91 Å². The van der Waals surface area contributed by atoms with Gasteiger partial charge in [-0.1, -0.05) is 13.8 Å². The van der Waals surface area contributed by atoms with Gasteiger partial charge in [-0.15, -0.1) is 0 Å². The van der Waals surface area contributed by atoms with Gasteiger partial charge < -0.3 is 15.7 Å². The molecule has 4 nitrogen and oxygen atoms in total. The summed E-state index contributed by atoms with van der Waals surface area (Å²) in [5.74, 6) is 0.00532. The van der Waals surface area contributed by atoms with E-state index in [-0.39, 0.29) is 17.9 Å². The summed E-state index contributed by atoms with van der Waals surface area (Å²) < 4.78 is 0. The lowest BCUT2D eigenvalue weighted by Gasteiger charge is -2.36. The van der Waals surface area contributed by atoms with Gasteiger partial charge in [-0.3, -0.25) is 4.79 Å². The topological polar surface area (TPSA) is 66.6 Å². The maximum atomic E-state index is 10.9. The maximum Gasteiger partial charge on any atom is 0.221 e. The number of hydrogen-bond donors (Lipinski definition) is 2. The number of aliphatic hydroxyl groups excluding tert-OH is 1. The molecule has 88 valence electrons. The first-order chi connectivity index (χ1) is 7.04. The Morgan fingerprint density at radius 3 is 2.87 bits per heavy atom. The van der Waals surface area contributed by atoms with Crippen LogP contribution in [0.3, 0.4) is 0 Å². The number of hydrogen-bond acceptors (Lipinski definition) is 3. The zero-order valence-electron chi connectivity index (χ0n) is 9.65. The summed E-state index contributed by atoms with van der Waals surface area (Å²) in [4.78, 5) is 13.2. The fourth-order valence-electron chi connectivity index (χ4n) is 2.14. The molecule has 0 aromatic rings. The van der Waals surface area contributed by atoms with E-state index in [9.17, 15) is 9.90 Å². The SMILES string of the molecule is CCC1CN(CC(C)C(N)=O)CCC1O. The predicted molar refractivity (Wildman–Crippen MR) is 59.2 cm³/mol. The highest BCUT2D eigenvalue weighted by atomic mass is 16.3. The lowest BCUT2D eigenvalue weighted by molar-refractivity contribution is -0.122. The summed E-state index contributed by atoms with van der Waals surface area (Å²) in [6.07, 6.45) is 1.63. The van der Waals surface area contributed by atoms with Gasteiger partial charge in [0.1, 0.15) is 0 Å². The first-order valence-electron chi connectivity index (χ1n) is 5.74. The van der Waals surface area contributed by atoms with Crippen LogP contribution in [0.25, 0.3) is 0 Å². The number of rotatable bonds is 4. The number of aliphatic hydroxyl groups is 1. The van der Waals surface area contributed by atoms with Crippen molar-refractivity contribution in [2.75, 3.05) is 19.6 Å². The van der Waals surface area contributed by atoms with E-state index in [1.807, 2.05) is 6.92 Å². The molecule has 0 bridgehead atoms. The molecule has 1 saturated heterocycles. The zero-order chi connectivity index (χ0) is 11.4. The Morgan fingerprint density at radius 2 is 2.33 bits per heavy atom. The average molecular weight is 214 g/mol. The average Bonchev–Trinajstić information content (AvgIpc) is 2.20. The molecule has 4 heteroatoms. The third kappa shape index (κ3) is 3.47. The van der Waals surface area contributed by atoms with Crippen molar-refractivity contribution in [3.63, 3.8) is 0 Å². The number of nitrogens with zero attached hydrogens (tertiary/aromatic N) is 1. The summed E-state index contributed by atoms with van der Waals surface area (Å²) in [6, 6.07) is 0. The van der Waals surface area contributed by atoms with E-state index in [1.54, 1.807) is 0 Å². The van der Waals surface area contributed by atoms with Crippen LogP contribution in [-0.4, -0.2) is 41.7 Å². The Morgan fingerprint density at radius 1 is 1.67 bits per heavy atom. The third-order valence-electron chi connectivity index (χ3n) is 3.32. The van der Waals surface area contributed by atoms with E-state index >= 15 is 0 Å². The van der Waals surface area contributed by atoms with Gasteiger partial charge >= 0.3 is 0 Å². The summed E-state index contributed by atoms with van der Waals surface area (Å²) in [7, 11) is 0. The normalized spacial score (nSPS) is 30.1. The summed E-state index contributed by atoms with van der Waals surface area (Å²) in [5.41, 5.74) is 5.23. The van der Waals surface area contributed by atoms with Gasteiger partial charge in [-0.05, 0) is 18.8 Å². The highest BCUT2D eigenvalue weighted by molar-refractivity contribution is 5.76. The van der Waals surface area contributed by atoms with E-state index < -0.39 is 0 Å². The predicted octanol–water partition coefficient (Wildman–Crippen LogP) is 0.201. The van der Waals surface area contributed by atoms with Gasteiger partial charge in [-0.2, -0.15) is 0 Å². The molecule has 0 saturated carbocycles. The van der Waals surface area contributed by atoms with Gasteiger partial charge in [0.05, 0.1) is 6.10 Å². The molecule has 1 rings (SSSR count). The van der Waals surface area contributed by atoms with Crippen LogP contribution in [0.4, 0.5) is 0 Å². The van der Waals surface area contributed by atoms with Crippen LogP contribution in [0, 0.1) is 11.8 Å². The van der Waals surface area contributed by atoms with Crippen LogP contribution in [0.5, 0.6) is 0 Å².